The number of rotatable bonds is 9. The molecule has 0 saturated heterocycles. The minimum absolute atomic E-state index is 0.0223. The van der Waals surface area contributed by atoms with Crippen LogP contribution >= 0.6 is 0 Å². The lowest BCUT2D eigenvalue weighted by molar-refractivity contribution is -0.384. The van der Waals surface area contributed by atoms with Crippen LogP contribution in [0.5, 0.6) is 0 Å². The maximum absolute atomic E-state index is 14.5. The Morgan fingerprint density at radius 1 is 0.978 bits per heavy atom. The van der Waals surface area contributed by atoms with Crippen LogP contribution in [-0.4, -0.2) is 67.0 Å². The number of aliphatic hydroxyl groups excluding tert-OH is 1. The van der Waals surface area contributed by atoms with Crippen molar-refractivity contribution in [1.29, 1.82) is 0 Å². The third-order valence-corrected chi connectivity index (χ3v) is 7.35. The molecule has 45 heavy (non-hydrogen) atoms. The van der Waals surface area contributed by atoms with Gasteiger partial charge in [-0.2, -0.15) is 13.2 Å². The molecule has 0 aliphatic carbocycles. The number of nitro benzene ring substituents is 1. The van der Waals surface area contributed by atoms with Crippen molar-refractivity contribution in [2.45, 2.75) is 51.6 Å². The molecule has 0 bridgehead atoms. The van der Waals surface area contributed by atoms with Crippen molar-refractivity contribution >= 4 is 29.1 Å². The fourth-order valence-electron chi connectivity index (χ4n) is 5.25. The van der Waals surface area contributed by atoms with Crippen molar-refractivity contribution < 1.29 is 37.6 Å². The smallest absolute Gasteiger partial charge is 0.382 e. The van der Waals surface area contributed by atoms with E-state index in [4.69, 9.17) is 0 Å². The Hall–Kier alpha value is -5.04. The molecule has 3 unspecified atom stereocenters. The number of nitrogens with zero attached hydrogens (tertiary/aromatic N) is 4. The molecule has 0 spiro atoms. The largest absolute Gasteiger partial charge is 0.416 e. The van der Waals surface area contributed by atoms with Crippen LogP contribution in [0, 0.1) is 16.0 Å². The van der Waals surface area contributed by atoms with Gasteiger partial charge in [0.15, 0.2) is 6.10 Å². The number of nitro groups is 1. The Bertz CT molecular complexity index is 1580. The van der Waals surface area contributed by atoms with Crippen LogP contribution in [0.3, 0.4) is 0 Å². The molecular weight excluding hydrogens is 593 g/mol. The van der Waals surface area contributed by atoms with Crippen molar-refractivity contribution in [3.63, 3.8) is 0 Å². The lowest BCUT2D eigenvalue weighted by atomic mass is 9.96. The van der Waals surface area contributed by atoms with Crippen molar-refractivity contribution in [3.05, 3.63) is 118 Å². The van der Waals surface area contributed by atoms with Crippen molar-refractivity contribution in [3.8, 4) is 0 Å². The van der Waals surface area contributed by atoms with Crippen LogP contribution in [0.25, 0.3) is 5.70 Å². The Labute approximate surface area is 257 Å². The van der Waals surface area contributed by atoms with Gasteiger partial charge < -0.3 is 5.11 Å². The van der Waals surface area contributed by atoms with Gasteiger partial charge in [0, 0.05) is 36.4 Å². The normalized spacial score (nSPS) is 16.7. The fourth-order valence-corrected chi connectivity index (χ4v) is 5.25. The van der Waals surface area contributed by atoms with Crippen molar-refractivity contribution in [2.24, 2.45) is 5.92 Å². The average molecular weight is 625 g/mol. The molecule has 0 radical (unpaired) electrons. The van der Waals surface area contributed by atoms with E-state index in [1.165, 1.54) is 18.3 Å². The van der Waals surface area contributed by atoms with Gasteiger partial charge in [-0.1, -0.05) is 74.5 Å². The van der Waals surface area contributed by atoms with Gasteiger partial charge in [0.1, 0.15) is 6.04 Å². The van der Waals surface area contributed by atoms with E-state index < -0.39 is 59.3 Å². The maximum atomic E-state index is 14.5. The van der Waals surface area contributed by atoms with Gasteiger partial charge in [-0.15, -0.1) is 0 Å². The first-order chi connectivity index (χ1) is 21.2. The van der Waals surface area contributed by atoms with Gasteiger partial charge in [-0.3, -0.25) is 29.4 Å². The van der Waals surface area contributed by atoms with Crippen molar-refractivity contribution in [2.75, 3.05) is 0 Å². The molecule has 1 aliphatic rings. The predicted octanol–water partition coefficient (Wildman–Crippen LogP) is 5.20. The number of halogens is 3. The van der Waals surface area contributed by atoms with E-state index in [0.717, 1.165) is 29.0 Å². The van der Waals surface area contributed by atoms with E-state index in [9.17, 15) is 42.8 Å². The standard InChI is InChI=1S/C32H31F3N4O6/c1-20(2)28-31(43)38(37(21(3)40)26(29(41)32(33,34)35)18-22-10-6-4-7-11-22)27(23-12-8-5-9-13-23)19-36(28)30(42)24-14-16-25(17-15-24)39(44)45/h4-17,19-20,26,28-29,41H,18H2,1-3H3. The first-order valence-electron chi connectivity index (χ1n) is 14.0. The molecular formula is C32H31F3N4O6. The first kappa shape index (κ1) is 32.9. The van der Waals surface area contributed by atoms with Gasteiger partial charge in [-0.05, 0) is 30.0 Å². The summed E-state index contributed by atoms with van der Waals surface area (Å²) in [5, 5.41) is 23.2. The number of benzene rings is 3. The van der Waals surface area contributed by atoms with E-state index >= 15 is 0 Å². The SMILES string of the molecule is CC(=O)N(C(Cc1ccccc1)C(O)C(F)(F)F)N1C(=O)C(C(C)C)N(C(=O)c2ccc([N+](=O)[O-])cc2)C=C1c1ccccc1. The van der Waals surface area contributed by atoms with Crippen LogP contribution in [0.1, 0.15) is 42.3 Å². The number of non-ortho nitro benzene ring substituents is 1. The highest BCUT2D eigenvalue weighted by molar-refractivity contribution is 6.03. The lowest BCUT2D eigenvalue weighted by Gasteiger charge is -2.48. The van der Waals surface area contributed by atoms with Crippen LogP contribution < -0.4 is 0 Å². The zero-order valence-electron chi connectivity index (χ0n) is 24.6. The summed E-state index contributed by atoms with van der Waals surface area (Å²) in [7, 11) is 0. The third kappa shape index (κ3) is 7.04. The average Bonchev–Trinajstić information content (AvgIpc) is 3.00. The molecule has 3 aromatic rings. The number of hydrogen-bond donors (Lipinski definition) is 1. The Morgan fingerprint density at radius 2 is 1.53 bits per heavy atom. The molecule has 1 aliphatic heterocycles. The highest BCUT2D eigenvalue weighted by Crippen LogP contribution is 2.36. The van der Waals surface area contributed by atoms with Gasteiger partial charge in [0.25, 0.3) is 17.5 Å². The van der Waals surface area contributed by atoms with Gasteiger partial charge in [0.05, 0.1) is 16.7 Å². The Balaban J connectivity index is 1.93. The predicted molar refractivity (Wildman–Crippen MR) is 158 cm³/mol. The molecule has 1 N–H and O–H groups in total. The number of carbonyl (C=O) groups excluding carboxylic acids is 3. The molecule has 13 heteroatoms. The summed E-state index contributed by atoms with van der Waals surface area (Å²) in [6.45, 7) is 4.25. The number of hydrogen-bond acceptors (Lipinski definition) is 6. The second kappa shape index (κ2) is 13.3. The number of alkyl halides is 3. The van der Waals surface area contributed by atoms with Crippen LogP contribution in [0.15, 0.2) is 91.1 Å². The summed E-state index contributed by atoms with van der Waals surface area (Å²) in [5.41, 5.74) is 0.352. The number of carbonyl (C=O) groups is 3. The van der Waals surface area contributed by atoms with Gasteiger partial charge >= 0.3 is 6.18 Å². The molecule has 3 atom stereocenters. The summed E-state index contributed by atoms with van der Waals surface area (Å²) in [6, 6.07) is 17.4. The number of aliphatic hydroxyl groups is 1. The molecule has 3 amide bonds. The molecule has 4 rings (SSSR count). The molecule has 10 nitrogen and oxygen atoms in total. The summed E-state index contributed by atoms with van der Waals surface area (Å²) >= 11 is 0. The summed E-state index contributed by atoms with van der Waals surface area (Å²) in [6.07, 6.45) is -7.37. The molecule has 0 fully saturated rings. The molecule has 0 aromatic heterocycles. The Kier molecular flexibility index (Phi) is 9.72. The zero-order valence-corrected chi connectivity index (χ0v) is 24.6. The van der Waals surface area contributed by atoms with Crippen LogP contribution in [0.4, 0.5) is 18.9 Å². The lowest BCUT2D eigenvalue weighted by Crippen LogP contribution is -2.65. The molecule has 236 valence electrons. The van der Waals surface area contributed by atoms with E-state index in [1.54, 1.807) is 74.5 Å². The van der Waals surface area contributed by atoms with Crippen molar-refractivity contribution in [1.82, 2.24) is 14.9 Å². The highest BCUT2D eigenvalue weighted by atomic mass is 19.4. The number of amides is 3. The minimum atomic E-state index is -5.15. The van der Waals surface area contributed by atoms with E-state index in [1.807, 2.05) is 0 Å². The third-order valence-electron chi connectivity index (χ3n) is 7.35. The summed E-state index contributed by atoms with van der Waals surface area (Å²) in [5.74, 6) is -3.14. The molecule has 3 aromatic carbocycles. The molecule has 0 saturated carbocycles. The quantitative estimate of drug-likeness (QED) is 0.258. The number of hydrazine groups is 1. The van der Waals surface area contributed by atoms with Crippen LogP contribution in [-0.2, 0) is 16.0 Å². The van der Waals surface area contributed by atoms with Crippen LogP contribution in [0.2, 0.25) is 0 Å². The monoisotopic (exact) mass is 624 g/mol. The topological polar surface area (TPSA) is 124 Å². The first-order valence-corrected chi connectivity index (χ1v) is 14.0. The second-order valence-corrected chi connectivity index (χ2v) is 10.8. The Morgan fingerprint density at radius 3 is 2.02 bits per heavy atom. The fraction of sp³-hybridized carbons (Fsp3) is 0.281. The van der Waals surface area contributed by atoms with Gasteiger partial charge in [-0.25, -0.2) is 10.0 Å². The summed E-state index contributed by atoms with van der Waals surface area (Å²) < 4.78 is 42.4. The van der Waals surface area contributed by atoms with E-state index in [-0.39, 0.29) is 16.9 Å². The maximum Gasteiger partial charge on any atom is 0.416 e. The summed E-state index contributed by atoms with van der Waals surface area (Å²) in [4.78, 5) is 53.2. The van der Waals surface area contributed by atoms with Gasteiger partial charge in [0.2, 0.25) is 5.91 Å². The van der Waals surface area contributed by atoms with E-state index in [0.29, 0.717) is 16.1 Å². The zero-order chi connectivity index (χ0) is 33.1. The second-order valence-electron chi connectivity index (χ2n) is 10.8. The van der Waals surface area contributed by atoms with E-state index in [2.05, 4.69) is 0 Å². The minimum Gasteiger partial charge on any atom is -0.382 e. The highest BCUT2D eigenvalue weighted by Gasteiger charge is 2.51. The molecule has 1 heterocycles.